The van der Waals surface area contributed by atoms with Crippen molar-refractivity contribution in [1.29, 1.82) is 0 Å². The zero-order valence-electron chi connectivity index (χ0n) is 19.6. The van der Waals surface area contributed by atoms with Gasteiger partial charge in [-0.1, -0.05) is 76.9 Å². The molecule has 2 aromatic heterocycles. The first-order chi connectivity index (χ1) is 18.0. The molecule has 184 valence electrons. The molecule has 2 heterocycles. The van der Waals surface area contributed by atoms with Crippen molar-refractivity contribution in [2.45, 2.75) is 13.5 Å². The Balaban J connectivity index is 1.61. The van der Waals surface area contributed by atoms with Crippen molar-refractivity contribution < 1.29 is 14.1 Å². The van der Waals surface area contributed by atoms with Crippen molar-refractivity contribution in [3.8, 4) is 28.3 Å². The van der Waals surface area contributed by atoms with E-state index in [9.17, 15) is 4.79 Å². The summed E-state index contributed by atoms with van der Waals surface area (Å²) in [7, 11) is 0. The van der Waals surface area contributed by atoms with Gasteiger partial charge in [-0.15, -0.1) is 0 Å². The fourth-order valence-electron chi connectivity index (χ4n) is 3.88. The standard InChI is InChI=1S/C28H20Cl2N4O3/c1-18(35)34(27-22(29)11-6-12-23(27)30)28-25(24-13-14-31-17-32-24)26(33-37-28)20-9-5-10-21(15-20)36-16-19-7-3-2-4-8-19/h2-15,17H,16H2,1H3. The van der Waals surface area contributed by atoms with Crippen LogP contribution in [-0.4, -0.2) is 21.0 Å². The number of carbonyl (C=O) groups excluding carboxylic acids is 1. The highest BCUT2D eigenvalue weighted by Gasteiger charge is 2.30. The Morgan fingerprint density at radius 3 is 2.43 bits per heavy atom. The summed E-state index contributed by atoms with van der Waals surface area (Å²) in [5.41, 5.74) is 3.50. The summed E-state index contributed by atoms with van der Waals surface area (Å²) in [4.78, 5) is 22.6. The molecule has 5 rings (SSSR count). The molecule has 0 fully saturated rings. The molecule has 0 unspecified atom stereocenters. The van der Waals surface area contributed by atoms with Gasteiger partial charge in [0.25, 0.3) is 0 Å². The van der Waals surface area contributed by atoms with E-state index < -0.39 is 0 Å². The monoisotopic (exact) mass is 530 g/mol. The molecule has 0 N–H and O–H groups in total. The molecule has 37 heavy (non-hydrogen) atoms. The van der Waals surface area contributed by atoms with E-state index in [0.29, 0.717) is 34.9 Å². The van der Waals surface area contributed by atoms with Crippen LogP contribution in [0, 0.1) is 0 Å². The molecule has 0 aliphatic rings. The van der Waals surface area contributed by atoms with E-state index in [1.54, 1.807) is 30.5 Å². The van der Waals surface area contributed by atoms with Gasteiger partial charge in [-0.25, -0.2) is 14.9 Å². The maximum atomic E-state index is 12.9. The molecule has 0 bridgehead atoms. The number of aromatic nitrogens is 3. The lowest BCUT2D eigenvalue weighted by molar-refractivity contribution is -0.116. The number of amides is 1. The zero-order valence-corrected chi connectivity index (χ0v) is 21.1. The molecular formula is C28H20Cl2N4O3. The van der Waals surface area contributed by atoms with E-state index in [4.69, 9.17) is 32.5 Å². The largest absolute Gasteiger partial charge is 0.489 e. The van der Waals surface area contributed by atoms with Crippen LogP contribution in [0.5, 0.6) is 5.75 Å². The smallest absolute Gasteiger partial charge is 0.248 e. The van der Waals surface area contributed by atoms with Crippen molar-refractivity contribution in [3.05, 3.63) is 107 Å². The molecule has 3 aromatic carbocycles. The van der Waals surface area contributed by atoms with E-state index in [1.165, 1.54) is 18.2 Å². The Morgan fingerprint density at radius 1 is 0.973 bits per heavy atom. The number of hydrogen-bond donors (Lipinski definition) is 0. The first-order valence-corrected chi connectivity index (χ1v) is 12.1. The van der Waals surface area contributed by atoms with Crippen molar-refractivity contribution in [1.82, 2.24) is 15.1 Å². The maximum absolute atomic E-state index is 12.9. The lowest BCUT2D eigenvalue weighted by Crippen LogP contribution is -2.23. The number of anilines is 2. The SMILES string of the molecule is CC(=O)N(c1onc(-c2cccc(OCc3ccccc3)c2)c1-c1ccncn1)c1c(Cl)cccc1Cl. The van der Waals surface area contributed by atoms with Crippen molar-refractivity contribution in [2.24, 2.45) is 0 Å². The number of benzene rings is 3. The van der Waals surface area contributed by atoms with Crippen LogP contribution in [0.3, 0.4) is 0 Å². The van der Waals surface area contributed by atoms with Gasteiger partial charge in [-0.05, 0) is 35.9 Å². The number of nitrogens with zero attached hydrogens (tertiary/aromatic N) is 4. The topological polar surface area (TPSA) is 81.4 Å². The van der Waals surface area contributed by atoms with Gasteiger partial charge >= 0.3 is 0 Å². The van der Waals surface area contributed by atoms with Crippen LogP contribution >= 0.6 is 23.2 Å². The van der Waals surface area contributed by atoms with Crippen LogP contribution < -0.4 is 9.64 Å². The summed E-state index contributed by atoms with van der Waals surface area (Å²) >= 11 is 12.9. The first kappa shape index (κ1) is 24.5. The lowest BCUT2D eigenvalue weighted by Gasteiger charge is -2.21. The molecule has 0 spiro atoms. The summed E-state index contributed by atoms with van der Waals surface area (Å²) in [6.45, 7) is 1.81. The Kier molecular flexibility index (Phi) is 7.16. The van der Waals surface area contributed by atoms with E-state index in [1.807, 2.05) is 54.6 Å². The van der Waals surface area contributed by atoms with Gasteiger partial charge in [0.2, 0.25) is 11.8 Å². The van der Waals surface area contributed by atoms with Crippen LogP contribution in [0.4, 0.5) is 11.6 Å². The van der Waals surface area contributed by atoms with Crippen LogP contribution in [-0.2, 0) is 11.4 Å². The normalized spacial score (nSPS) is 10.8. The van der Waals surface area contributed by atoms with E-state index >= 15 is 0 Å². The molecule has 7 nitrogen and oxygen atoms in total. The minimum absolute atomic E-state index is 0.131. The molecule has 0 saturated carbocycles. The number of para-hydroxylation sites is 1. The summed E-state index contributed by atoms with van der Waals surface area (Å²) in [6, 6.07) is 24.0. The molecule has 5 aromatic rings. The highest BCUT2D eigenvalue weighted by atomic mass is 35.5. The van der Waals surface area contributed by atoms with Crippen LogP contribution in [0.25, 0.3) is 22.5 Å². The summed E-state index contributed by atoms with van der Waals surface area (Å²) in [5.74, 6) is 0.414. The third-order valence-corrected chi connectivity index (χ3v) is 6.16. The van der Waals surface area contributed by atoms with Gasteiger partial charge in [0.05, 0.1) is 27.0 Å². The molecular weight excluding hydrogens is 511 g/mol. The number of carbonyl (C=O) groups is 1. The van der Waals surface area contributed by atoms with E-state index in [0.717, 1.165) is 5.56 Å². The molecule has 1 amide bonds. The minimum Gasteiger partial charge on any atom is -0.489 e. The fourth-order valence-corrected chi connectivity index (χ4v) is 4.45. The lowest BCUT2D eigenvalue weighted by atomic mass is 10.0. The summed E-state index contributed by atoms with van der Waals surface area (Å²) in [5, 5.41) is 4.91. The number of hydrogen-bond acceptors (Lipinski definition) is 6. The van der Waals surface area contributed by atoms with Crippen LogP contribution in [0.2, 0.25) is 10.0 Å². The van der Waals surface area contributed by atoms with Gasteiger partial charge in [-0.3, -0.25) is 4.79 Å². The summed E-state index contributed by atoms with van der Waals surface area (Å²) in [6.07, 6.45) is 3.01. The molecule has 0 saturated heterocycles. The molecule has 0 radical (unpaired) electrons. The van der Waals surface area contributed by atoms with Crippen molar-refractivity contribution in [2.75, 3.05) is 4.90 Å². The van der Waals surface area contributed by atoms with Crippen molar-refractivity contribution >= 4 is 40.7 Å². The predicted molar refractivity (Wildman–Crippen MR) is 143 cm³/mol. The first-order valence-electron chi connectivity index (χ1n) is 11.3. The average molecular weight is 531 g/mol. The number of halogens is 2. The van der Waals surface area contributed by atoms with Gasteiger partial charge in [0.15, 0.2) is 0 Å². The van der Waals surface area contributed by atoms with Gasteiger partial charge in [-0.2, -0.15) is 0 Å². The van der Waals surface area contributed by atoms with Gasteiger partial charge in [0, 0.05) is 18.7 Å². The molecule has 0 aliphatic heterocycles. The highest BCUT2D eigenvalue weighted by molar-refractivity contribution is 6.40. The highest BCUT2D eigenvalue weighted by Crippen LogP contribution is 2.45. The Hall–Kier alpha value is -4.20. The van der Waals surface area contributed by atoms with E-state index in [-0.39, 0.29) is 27.5 Å². The average Bonchev–Trinajstić information content (AvgIpc) is 3.35. The molecule has 0 aliphatic carbocycles. The van der Waals surface area contributed by atoms with Gasteiger partial charge < -0.3 is 9.26 Å². The fraction of sp³-hybridized carbons (Fsp3) is 0.0714. The van der Waals surface area contributed by atoms with E-state index in [2.05, 4.69) is 15.1 Å². The molecule has 0 atom stereocenters. The van der Waals surface area contributed by atoms with Crippen molar-refractivity contribution in [3.63, 3.8) is 0 Å². The Bertz CT molecular complexity index is 1520. The minimum atomic E-state index is -0.368. The zero-order chi connectivity index (χ0) is 25.8. The Morgan fingerprint density at radius 2 is 1.73 bits per heavy atom. The predicted octanol–water partition coefficient (Wildman–Crippen LogP) is 7.37. The van der Waals surface area contributed by atoms with Crippen LogP contribution in [0.1, 0.15) is 12.5 Å². The quantitative estimate of drug-likeness (QED) is 0.218. The number of rotatable bonds is 7. The Labute approximate surface area is 223 Å². The second kappa shape index (κ2) is 10.8. The second-order valence-electron chi connectivity index (χ2n) is 8.03. The third kappa shape index (κ3) is 5.18. The molecule has 9 heteroatoms. The third-order valence-electron chi connectivity index (χ3n) is 5.55. The maximum Gasteiger partial charge on any atom is 0.248 e. The van der Waals surface area contributed by atoms with Crippen LogP contribution in [0.15, 0.2) is 95.9 Å². The summed E-state index contributed by atoms with van der Waals surface area (Å²) < 4.78 is 11.8. The number of ether oxygens (including phenoxy) is 1. The van der Waals surface area contributed by atoms with Gasteiger partial charge in [0.1, 0.15) is 24.4 Å². The second-order valence-corrected chi connectivity index (χ2v) is 8.85.